The second-order valence-electron chi connectivity index (χ2n) is 6.76. The number of ether oxygens (including phenoxy) is 2. The van der Waals surface area contributed by atoms with Crippen molar-refractivity contribution in [3.63, 3.8) is 0 Å². The molecular formula is C18H20O7. The number of esters is 3. The second kappa shape index (κ2) is 6.82. The molecule has 134 valence electrons. The zero-order valence-electron chi connectivity index (χ0n) is 13.8. The summed E-state index contributed by atoms with van der Waals surface area (Å²) in [5.74, 6) is -3.33. The summed E-state index contributed by atoms with van der Waals surface area (Å²) in [6.45, 7) is 0. The predicted octanol–water partition coefficient (Wildman–Crippen LogP) is 1.33. The summed E-state index contributed by atoms with van der Waals surface area (Å²) in [5, 5.41) is 9.01. The van der Waals surface area contributed by atoms with Crippen LogP contribution >= 0.6 is 0 Å². The first kappa shape index (κ1) is 17.4. The molecule has 1 aliphatic heterocycles. The molecule has 0 aromatic carbocycles. The zero-order chi connectivity index (χ0) is 18.1. The Bertz CT molecular complexity index is 638. The van der Waals surface area contributed by atoms with Crippen LogP contribution in [0.5, 0.6) is 0 Å². The first-order valence-electron chi connectivity index (χ1n) is 8.33. The maximum Gasteiger partial charge on any atom is 0.317 e. The van der Waals surface area contributed by atoms with Gasteiger partial charge in [0.2, 0.25) is 0 Å². The van der Waals surface area contributed by atoms with Gasteiger partial charge in [-0.1, -0.05) is 24.3 Å². The van der Waals surface area contributed by atoms with E-state index in [2.05, 4.69) is 9.47 Å². The number of hydrogen-bond donors (Lipinski definition) is 1. The molecule has 4 rings (SSSR count). The van der Waals surface area contributed by atoms with Crippen LogP contribution in [0.4, 0.5) is 0 Å². The van der Waals surface area contributed by atoms with Gasteiger partial charge in [0.25, 0.3) is 0 Å². The van der Waals surface area contributed by atoms with Crippen LogP contribution in [0.2, 0.25) is 0 Å². The van der Waals surface area contributed by atoms with E-state index < -0.39 is 23.8 Å². The highest BCUT2D eigenvalue weighted by atomic mass is 16.6. The van der Waals surface area contributed by atoms with Crippen molar-refractivity contribution in [1.82, 2.24) is 0 Å². The molecule has 0 spiro atoms. The van der Waals surface area contributed by atoms with Crippen LogP contribution in [0.3, 0.4) is 0 Å². The van der Waals surface area contributed by atoms with Crippen molar-refractivity contribution in [1.29, 1.82) is 0 Å². The number of cyclic esters (lactones) is 2. The Labute approximate surface area is 144 Å². The third-order valence-corrected chi connectivity index (χ3v) is 5.46. The van der Waals surface area contributed by atoms with Crippen molar-refractivity contribution in [3.8, 4) is 0 Å². The number of carbonyl (C=O) groups excluding carboxylic acids is 3. The van der Waals surface area contributed by atoms with Gasteiger partial charge in [0.1, 0.15) is 0 Å². The number of hydrogen-bond acceptors (Lipinski definition) is 6. The molecule has 4 aliphatic rings. The normalized spacial score (nSPS) is 37.2. The highest BCUT2D eigenvalue weighted by Crippen LogP contribution is 2.48. The third kappa shape index (κ3) is 3.10. The number of rotatable bonds is 2. The van der Waals surface area contributed by atoms with Crippen molar-refractivity contribution in [2.45, 2.75) is 19.3 Å². The van der Waals surface area contributed by atoms with Gasteiger partial charge in [-0.25, -0.2) is 0 Å². The van der Waals surface area contributed by atoms with Gasteiger partial charge in [0, 0.05) is 0 Å². The average Bonchev–Trinajstić information content (AvgIpc) is 3.29. The topological polar surface area (TPSA) is 107 Å². The van der Waals surface area contributed by atoms with E-state index in [0.717, 1.165) is 6.42 Å². The smallest absolute Gasteiger partial charge is 0.317 e. The number of fused-ring (bicyclic) bond motifs is 3. The molecule has 2 bridgehead atoms. The fourth-order valence-corrected chi connectivity index (χ4v) is 4.20. The van der Waals surface area contributed by atoms with Crippen molar-refractivity contribution in [2.75, 3.05) is 7.11 Å². The quantitative estimate of drug-likeness (QED) is 0.456. The molecule has 2 fully saturated rings. The van der Waals surface area contributed by atoms with Gasteiger partial charge >= 0.3 is 23.9 Å². The van der Waals surface area contributed by atoms with Gasteiger partial charge < -0.3 is 14.6 Å². The maximum absolute atomic E-state index is 11.4. The van der Waals surface area contributed by atoms with E-state index in [-0.39, 0.29) is 35.6 Å². The van der Waals surface area contributed by atoms with E-state index in [1.165, 1.54) is 7.11 Å². The highest BCUT2D eigenvalue weighted by Gasteiger charge is 2.52. The molecule has 0 aromatic heterocycles. The summed E-state index contributed by atoms with van der Waals surface area (Å²) >= 11 is 0. The Balaban J connectivity index is 0.000000150. The first-order chi connectivity index (χ1) is 11.9. The standard InChI is InChI=1S/C10H12O4.C8H8O3/c1-14-10(13)8-6-3-2-5(4-6)7(8)9(11)12;9-7-5-3-1-2-4-6(5)8(10)11-7/h2-3,5-8H,4H2,1H3,(H,11,12);1-2,5-6H,3-4H2/t;5-,6+. The molecule has 7 heteroatoms. The summed E-state index contributed by atoms with van der Waals surface area (Å²) in [4.78, 5) is 44.3. The summed E-state index contributed by atoms with van der Waals surface area (Å²) in [6, 6.07) is 0. The maximum atomic E-state index is 11.4. The van der Waals surface area contributed by atoms with Gasteiger partial charge in [-0.3, -0.25) is 19.2 Å². The molecule has 1 saturated carbocycles. The summed E-state index contributed by atoms with van der Waals surface area (Å²) < 4.78 is 9.12. The van der Waals surface area contributed by atoms with Gasteiger partial charge in [-0.2, -0.15) is 0 Å². The Morgan fingerprint density at radius 2 is 1.56 bits per heavy atom. The second-order valence-corrected chi connectivity index (χ2v) is 6.76. The lowest BCUT2D eigenvalue weighted by Gasteiger charge is -2.21. The van der Waals surface area contributed by atoms with E-state index >= 15 is 0 Å². The number of methoxy groups -OCH3 is 1. The molecule has 0 radical (unpaired) electrons. The molecule has 1 heterocycles. The van der Waals surface area contributed by atoms with Crippen LogP contribution in [0.15, 0.2) is 24.3 Å². The number of allylic oxidation sites excluding steroid dienone is 4. The Hall–Kier alpha value is -2.44. The molecule has 0 amide bonds. The lowest BCUT2D eigenvalue weighted by molar-refractivity contribution is -0.156. The van der Waals surface area contributed by atoms with Crippen LogP contribution in [0, 0.1) is 35.5 Å². The van der Waals surface area contributed by atoms with Crippen molar-refractivity contribution in [2.24, 2.45) is 35.5 Å². The van der Waals surface area contributed by atoms with E-state index in [1.807, 2.05) is 24.3 Å². The van der Waals surface area contributed by atoms with Crippen LogP contribution in [-0.2, 0) is 28.7 Å². The SMILES string of the molecule is COC(=O)C1C2C=CC(C2)C1C(=O)O.O=C1OC(=O)[C@@H]2CC=CC[C@H]12. The Kier molecular flexibility index (Phi) is 4.74. The lowest BCUT2D eigenvalue weighted by atomic mass is 9.83. The molecule has 4 unspecified atom stereocenters. The Morgan fingerprint density at radius 3 is 2.04 bits per heavy atom. The van der Waals surface area contributed by atoms with Crippen LogP contribution in [-0.4, -0.2) is 36.1 Å². The first-order valence-corrected chi connectivity index (χ1v) is 8.33. The minimum absolute atomic E-state index is 0.0154. The predicted molar refractivity (Wildman–Crippen MR) is 83.8 cm³/mol. The van der Waals surface area contributed by atoms with Crippen LogP contribution in [0.25, 0.3) is 0 Å². The fourth-order valence-electron chi connectivity index (χ4n) is 4.20. The fraction of sp³-hybridized carbons (Fsp3) is 0.556. The van der Waals surface area contributed by atoms with Gasteiger partial charge in [-0.15, -0.1) is 0 Å². The molecule has 6 atom stereocenters. The van der Waals surface area contributed by atoms with E-state index in [0.29, 0.717) is 12.8 Å². The Morgan fingerprint density at radius 1 is 1.04 bits per heavy atom. The van der Waals surface area contributed by atoms with Crippen molar-refractivity contribution >= 4 is 23.9 Å². The van der Waals surface area contributed by atoms with Crippen LogP contribution < -0.4 is 0 Å². The van der Waals surface area contributed by atoms with Gasteiger partial charge in [0.05, 0.1) is 30.8 Å². The van der Waals surface area contributed by atoms with Gasteiger partial charge in [0.15, 0.2) is 0 Å². The van der Waals surface area contributed by atoms with Crippen molar-refractivity contribution < 1.29 is 33.8 Å². The summed E-state index contributed by atoms with van der Waals surface area (Å²) in [5.41, 5.74) is 0. The summed E-state index contributed by atoms with van der Waals surface area (Å²) in [6.07, 6.45) is 9.80. The van der Waals surface area contributed by atoms with Crippen LogP contribution in [0.1, 0.15) is 19.3 Å². The highest BCUT2D eigenvalue weighted by molar-refractivity contribution is 5.96. The number of carboxylic acids is 1. The third-order valence-electron chi connectivity index (χ3n) is 5.46. The summed E-state index contributed by atoms with van der Waals surface area (Å²) in [7, 11) is 1.30. The molecular weight excluding hydrogens is 328 g/mol. The van der Waals surface area contributed by atoms with E-state index in [9.17, 15) is 19.2 Å². The van der Waals surface area contributed by atoms with E-state index in [4.69, 9.17) is 5.11 Å². The monoisotopic (exact) mass is 348 g/mol. The molecule has 1 N–H and O–H groups in total. The zero-order valence-corrected chi connectivity index (χ0v) is 13.8. The molecule has 25 heavy (non-hydrogen) atoms. The number of carbonyl (C=O) groups is 4. The molecule has 3 aliphatic carbocycles. The molecule has 7 nitrogen and oxygen atoms in total. The van der Waals surface area contributed by atoms with E-state index in [1.54, 1.807) is 0 Å². The largest absolute Gasteiger partial charge is 0.481 e. The number of carboxylic acid groups (broad SMARTS) is 1. The minimum Gasteiger partial charge on any atom is -0.481 e. The molecule has 0 aromatic rings. The lowest BCUT2D eigenvalue weighted by Crippen LogP contribution is -2.33. The minimum atomic E-state index is -0.891. The molecule has 1 saturated heterocycles. The van der Waals surface area contributed by atoms with Crippen molar-refractivity contribution in [3.05, 3.63) is 24.3 Å². The van der Waals surface area contributed by atoms with Gasteiger partial charge in [-0.05, 0) is 31.1 Å². The number of aliphatic carboxylic acids is 1. The average molecular weight is 348 g/mol.